The summed E-state index contributed by atoms with van der Waals surface area (Å²) in [7, 11) is 1.41. The van der Waals surface area contributed by atoms with E-state index in [4.69, 9.17) is 4.74 Å². The molecule has 0 spiro atoms. The molecule has 3 rings (SSSR count). The van der Waals surface area contributed by atoms with E-state index in [9.17, 15) is 9.59 Å². The van der Waals surface area contributed by atoms with Crippen molar-refractivity contribution in [1.29, 1.82) is 0 Å². The third-order valence-electron chi connectivity index (χ3n) is 6.61. The summed E-state index contributed by atoms with van der Waals surface area (Å²) < 4.78 is 4.88. The van der Waals surface area contributed by atoms with Crippen LogP contribution in [-0.4, -0.2) is 48.2 Å². The van der Waals surface area contributed by atoms with Crippen LogP contribution in [-0.2, 0) is 15.1 Å². The molecule has 2 saturated heterocycles. The highest BCUT2D eigenvalue weighted by atomic mass is 16.5. The fraction of sp³-hybridized carbons (Fsp3) is 0.667. The van der Waals surface area contributed by atoms with Crippen LogP contribution in [0.3, 0.4) is 0 Å². The molecule has 0 aliphatic carbocycles. The van der Waals surface area contributed by atoms with E-state index in [0.717, 1.165) is 24.8 Å². The van der Waals surface area contributed by atoms with Gasteiger partial charge in [0.15, 0.2) is 0 Å². The number of nitrogens with zero attached hydrogens (tertiary/aromatic N) is 1. The van der Waals surface area contributed by atoms with Gasteiger partial charge in [-0.15, -0.1) is 0 Å². The molecule has 2 N–H and O–H groups in total. The molecule has 2 heterocycles. The lowest BCUT2D eigenvalue weighted by molar-refractivity contribution is -0.141. The summed E-state index contributed by atoms with van der Waals surface area (Å²) in [5.74, 6) is 0.296. The van der Waals surface area contributed by atoms with Crippen LogP contribution in [0.5, 0.6) is 0 Å². The quantitative estimate of drug-likeness (QED) is 0.665. The topological polar surface area (TPSA) is 70.7 Å². The number of urea groups is 1. The average Bonchev–Trinajstić information content (AvgIpc) is 2.99. The first-order valence-electron chi connectivity index (χ1n) is 11.0. The van der Waals surface area contributed by atoms with Gasteiger partial charge in [0.1, 0.15) is 0 Å². The van der Waals surface area contributed by atoms with E-state index in [1.165, 1.54) is 7.11 Å². The maximum Gasteiger partial charge on any atom is 0.318 e. The predicted octanol–water partition coefficient (Wildman–Crippen LogP) is 3.81. The van der Waals surface area contributed by atoms with Gasteiger partial charge in [0.05, 0.1) is 12.6 Å². The highest BCUT2D eigenvalue weighted by molar-refractivity contribution is 5.79. The van der Waals surface area contributed by atoms with Crippen LogP contribution in [0.4, 0.5) is 4.79 Å². The van der Waals surface area contributed by atoms with Gasteiger partial charge in [0.25, 0.3) is 0 Å². The van der Waals surface area contributed by atoms with Gasteiger partial charge in [-0.05, 0) is 64.9 Å². The van der Waals surface area contributed by atoms with Crippen LogP contribution < -0.4 is 10.6 Å². The lowest BCUT2D eigenvalue weighted by atomic mass is 9.74. The molecule has 0 saturated carbocycles. The van der Waals surface area contributed by atoms with Crippen molar-refractivity contribution in [3.8, 4) is 0 Å². The van der Waals surface area contributed by atoms with Crippen LogP contribution in [0.1, 0.15) is 65.4 Å². The first-order chi connectivity index (χ1) is 14.1. The number of hydrogen-bond acceptors (Lipinski definition) is 4. The zero-order valence-electron chi connectivity index (χ0n) is 19.1. The molecule has 6 nitrogen and oxygen atoms in total. The molecule has 2 fully saturated rings. The van der Waals surface area contributed by atoms with Gasteiger partial charge in [0.2, 0.25) is 0 Å². The summed E-state index contributed by atoms with van der Waals surface area (Å²) in [5.41, 5.74) is 0.713. The van der Waals surface area contributed by atoms with Gasteiger partial charge >= 0.3 is 12.0 Å². The van der Waals surface area contributed by atoms with Gasteiger partial charge in [0, 0.05) is 30.6 Å². The molecule has 6 heteroatoms. The van der Waals surface area contributed by atoms with E-state index in [0.29, 0.717) is 25.4 Å². The molecule has 2 aliphatic heterocycles. The van der Waals surface area contributed by atoms with E-state index in [1.54, 1.807) is 0 Å². The highest BCUT2D eigenvalue weighted by Gasteiger charge is 2.47. The lowest BCUT2D eigenvalue weighted by Gasteiger charge is -2.47. The van der Waals surface area contributed by atoms with Crippen molar-refractivity contribution in [1.82, 2.24) is 15.5 Å². The van der Waals surface area contributed by atoms with Gasteiger partial charge in [-0.1, -0.05) is 30.3 Å². The van der Waals surface area contributed by atoms with Crippen LogP contribution >= 0.6 is 0 Å². The Bertz CT molecular complexity index is 746. The molecule has 1 atom stereocenters. The summed E-state index contributed by atoms with van der Waals surface area (Å²) in [6.07, 6.45) is 3.96. The van der Waals surface area contributed by atoms with Crippen molar-refractivity contribution in [3.05, 3.63) is 35.9 Å². The molecule has 1 aromatic rings. The second-order valence-corrected chi connectivity index (χ2v) is 10.2. The molecule has 1 unspecified atom stereocenters. The van der Waals surface area contributed by atoms with Crippen LogP contribution in [0, 0.1) is 5.92 Å². The maximum absolute atomic E-state index is 12.9. The van der Waals surface area contributed by atoms with Crippen molar-refractivity contribution in [2.24, 2.45) is 5.92 Å². The summed E-state index contributed by atoms with van der Waals surface area (Å²) >= 11 is 0. The Hall–Kier alpha value is -2.08. The molecule has 0 radical (unpaired) electrons. The van der Waals surface area contributed by atoms with E-state index >= 15 is 0 Å². The number of ether oxygens (including phenoxy) is 1. The summed E-state index contributed by atoms with van der Waals surface area (Å²) in [5, 5.41) is 6.78. The normalized spacial score (nSPS) is 25.8. The Balaban J connectivity index is 1.81. The molecule has 0 bridgehead atoms. The van der Waals surface area contributed by atoms with E-state index in [1.807, 2.05) is 23.1 Å². The standard InChI is InChI=1S/C24H37N3O3/c1-22(2)15-18(16-23(3,4)26-22)12-14-27-21(29)25-17-24(27,13-11-20(28)30-5)19-9-7-6-8-10-19/h6-10,18,26H,11-17H2,1-5H3,(H,25,29). The largest absolute Gasteiger partial charge is 0.469 e. The number of hydrogen-bond donors (Lipinski definition) is 2. The molecule has 1 aromatic carbocycles. The fourth-order valence-electron chi connectivity index (χ4n) is 5.76. The molecule has 2 amide bonds. The first-order valence-corrected chi connectivity index (χ1v) is 11.0. The number of carbonyl (C=O) groups is 2. The van der Waals surface area contributed by atoms with Crippen LogP contribution in [0.15, 0.2) is 30.3 Å². The Morgan fingerprint density at radius 3 is 2.37 bits per heavy atom. The first kappa shape index (κ1) is 22.6. The third kappa shape index (κ3) is 4.97. The Labute approximate surface area is 180 Å². The summed E-state index contributed by atoms with van der Waals surface area (Å²) in [6, 6.07) is 10.0. The number of amides is 2. The van der Waals surface area contributed by atoms with Crippen molar-refractivity contribution in [2.75, 3.05) is 20.2 Å². The SMILES string of the molecule is COC(=O)CCC1(c2ccccc2)CNC(=O)N1CCC1CC(C)(C)NC(C)(C)C1. The minimum atomic E-state index is -0.523. The molecule has 2 aliphatic rings. The number of nitrogens with one attached hydrogen (secondary N) is 2. The molecule has 166 valence electrons. The summed E-state index contributed by atoms with van der Waals surface area (Å²) in [4.78, 5) is 26.8. The lowest BCUT2D eigenvalue weighted by Crippen LogP contribution is -2.58. The van der Waals surface area contributed by atoms with E-state index in [-0.39, 0.29) is 29.5 Å². The van der Waals surface area contributed by atoms with Crippen molar-refractivity contribution in [2.45, 2.75) is 76.4 Å². The van der Waals surface area contributed by atoms with Gasteiger partial charge in [-0.3, -0.25) is 4.79 Å². The zero-order chi connectivity index (χ0) is 22.0. The molecular formula is C24H37N3O3. The monoisotopic (exact) mass is 415 g/mol. The second-order valence-electron chi connectivity index (χ2n) is 10.2. The van der Waals surface area contributed by atoms with E-state index < -0.39 is 5.54 Å². The highest BCUT2D eigenvalue weighted by Crippen LogP contribution is 2.39. The predicted molar refractivity (Wildman–Crippen MR) is 118 cm³/mol. The van der Waals surface area contributed by atoms with Gasteiger partial charge in [-0.2, -0.15) is 0 Å². The second kappa shape index (κ2) is 8.58. The van der Waals surface area contributed by atoms with Crippen molar-refractivity contribution in [3.63, 3.8) is 0 Å². The van der Waals surface area contributed by atoms with Crippen molar-refractivity contribution < 1.29 is 14.3 Å². The third-order valence-corrected chi connectivity index (χ3v) is 6.61. The number of esters is 1. The Morgan fingerprint density at radius 1 is 1.13 bits per heavy atom. The molecule has 30 heavy (non-hydrogen) atoms. The molecular weight excluding hydrogens is 378 g/mol. The van der Waals surface area contributed by atoms with Crippen LogP contribution in [0.25, 0.3) is 0 Å². The van der Waals surface area contributed by atoms with Gasteiger partial charge < -0.3 is 20.3 Å². The average molecular weight is 416 g/mol. The number of benzene rings is 1. The summed E-state index contributed by atoms with van der Waals surface area (Å²) in [6.45, 7) is 10.2. The maximum atomic E-state index is 12.9. The Morgan fingerprint density at radius 2 is 1.77 bits per heavy atom. The minimum Gasteiger partial charge on any atom is -0.469 e. The fourth-order valence-corrected chi connectivity index (χ4v) is 5.76. The number of methoxy groups -OCH3 is 1. The molecule has 0 aromatic heterocycles. The number of carbonyl (C=O) groups excluding carboxylic acids is 2. The van der Waals surface area contributed by atoms with Crippen molar-refractivity contribution >= 4 is 12.0 Å². The zero-order valence-corrected chi connectivity index (χ0v) is 19.1. The van der Waals surface area contributed by atoms with E-state index in [2.05, 4.69) is 50.5 Å². The smallest absolute Gasteiger partial charge is 0.318 e. The van der Waals surface area contributed by atoms with Crippen LogP contribution in [0.2, 0.25) is 0 Å². The number of piperidine rings is 1. The number of rotatable bonds is 7. The Kier molecular flexibility index (Phi) is 6.46. The minimum absolute atomic E-state index is 0.0452. The van der Waals surface area contributed by atoms with Gasteiger partial charge in [-0.25, -0.2) is 4.79 Å².